The van der Waals surface area contributed by atoms with E-state index in [2.05, 4.69) is 0 Å². The average molecular weight is 260 g/mol. The highest BCUT2D eigenvalue weighted by Crippen LogP contribution is 2.31. The van der Waals surface area contributed by atoms with Crippen LogP contribution in [0.15, 0.2) is 18.2 Å². The van der Waals surface area contributed by atoms with Crippen molar-refractivity contribution in [1.29, 1.82) is 0 Å². The molecule has 17 heavy (non-hydrogen) atoms. The van der Waals surface area contributed by atoms with E-state index in [1.807, 2.05) is 0 Å². The average Bonchev–Trinajstić information content (AvgIpc) is 2.17. The summed E-state index contributed by atoms with van der Waals surface area (Å²) in [4.78, 5) is 10.8. The summed E-state index contributed by atoms with van der Waals surface area (Å²) in [6.07, 6.45) is -0.120. The van der Waals surface area contributed by atoms with Crippen LogP contribution in [-0.2, 0) is 4.79 Å². The number of carboxylic acids is 1. The number of carboxylic acid groups (broad SMARTS) is 1. The molecule has 0 bridgehead atoms. The molecular formula is C12H15ClFNO2. The van der Waals surface area contributed by atoms with E-state index in [1.54, 1.807) is 13.8 Å². The van der Waals surface area contributed by atoms with Gasteiger partial charge in [0.05, 0.1) is 11.4 Å². The third-order valence-electron chi connectivity index (χ3n) is 2.62. The molecule has 3 N–H and O–H groups in total. The third-order valence-corrected chi connectivity index (χ3v) is 2.91. The van der Waals surface area contributed by atoms with Crippen molar-refractivity contribution in [2.45, 2.75) is 31.7 Å². The van der Waals surface area contributed by atoms with Crippen LogP contribution in [0, 0.1) is 5.82 Å². The Bertz CT molecular complexity index is 429. The smallest absolute Gasteiger partial charge is 0.304 e. The van der Waals surface area contributed by atoms with Crippen LogP contribution in [0.1, 0.15) is 31.7 Å². The number of carbonyl (C=O) groups is 1. The van der Waals surface area contributed by atoms with Gasteiger partial charge in [0, 0.05) is 11.5 Å². The first-order chi connectivity index (χ1) is 7.71. The van der Waals surface area contributed by atoms with Gasteiger partial charge in [-0.05, 0) is 31.5 Å². The van der Waals surface area contributed by atoms with Crippen LogP contribution in [0.25, 0.3) is 0 Å². The lowest BCUT2D eigenvalue weighted by Gasteiger charge is -2.30. The first-order valence-electron chi connectivity index (χ1n) is 5.17. The van der Waals surface area contributed by atoms with E-state index < -0.39 is 23.2 Å². The highest BCUT2D eigenvalue weighted by molar-refractivity contribution is 6.30. The molecule has 0 aromatic heterocycles. The molecule has 1 atom stereocenters. The minimum Gasteiger partial charge on any atom is -0.481 e. The third kappa shape index (κ3) is 3.68. The minimum absolute atomic E-state index is 0.0258. The fourth-order valence-electron chi connectivity index (χ4n) is 1.71. The SMILES string of the molecule is CC(C)(N)C(CC(=O)O)c1ccc(F)c(Cl)c1. The lowest BCUT2D eigenvalue weighted by molar-refractivity contribution is -0.137. The van der Waals surface area contributed by atoms with Gasteiger partial charge in [-0.15, -0.1) is 0 Å². The second-order valence-electron chi connectivity index (χ2n) is 4.65. The van der Waals surface area contributed by atoms with Crippen LogP contribution in [-0.4, -0.2) is 16.6 Å². The van der Waals surface area contributed by atoms with Gasteiger partial charge in [0.15, 0.2) is 0 Å². The Hall–Kier alpha value is -1.13. The number of hydrogen-bond donors (Lipinski definition) is 2. The summed E-state index contributed by atoms with van der Waals surface area (Å²) in [5, 5.41) is 8.84. The van der Waals surface area contributed by atoms with E-state index in [4.69, 9.17) is 22.4 Å². The predicted molar refractivity (Wildman–Crippen MR) is 64.7 cm³/mol. The molecule has 1 rings (SSSR count). The lowest BCUT2D eigenvalue weighted by Crippen LogP contribution is -2.40. The van der Waals surface area contributed by atoms with Crippen molar-refractivity contribution in [2.75, 3.05) is 0 Å². The molecule has 1 aromatic carbocycles. The summed E-state index contributed by atoms with van der Waals surface area (Å²) >= 11 is 5.68. The van der Waals surface area contributed by atoms with Gasteiger partial charge >= 0.3 is 5.97 Å². The van der Waals surface area contributed by atoms with Crippen molar-refractivity contribution >= 4 is 17.6 Å². The van der Waals surface area contributed by atoms with Crippen LogP contribution in [0.3, 0.4) is 0 Å². The van der Waals surface area contributed by atoms with Gasteiger partial charge in [-0.1, -0.05) is 17.7 Å². The number of rotatable bonds is 4. The Balaban J connectivity index is 3.13. The molecule has 1 unspecified atom stereocenters. The second-order valence-corrected chi connectivity index (χ2v) is 5.05. The summed E-state index contributed by atoms with van der Waals surface area (Å²) in [5.41, 5.74) is 5.86. The molecule has 5 heteroatoms. The van der Waals surface area contributed by atoms with E-state index in [0.29, 0.717) is 5.56 Å². The zero-order valence-electron chi connectivity index (χ0n) is 9.71. The summed E-state index contributed by atoms with van der Waals surface area (Å²) < 4.78 is 13.0. The monoisotopic (exact) mass is 259 g/mol. The maximum atomic E-state index is 13.0. The fraction of sp³-hybridized carbons (Fsp3) is 0.417. The van der Waals surface area contributed by atoms with Crippen LogP contribution in [0.4, 0.5) is 4.39 Å². The Morgan fingerprint density at radius 2 is 2.18 bits per heavy atom. The number of benzene rings is 1. The molecule has 3 nitrogen and oxygen atoms in total. The molecule has 0 heterocycles. The van der Waals surface area contributed by atoms with Gasteiger partial charge in [0.2, 0.25) is 0 Å². The zero-order valence-corrected chi connectivity index (χ0v) is 10.5. The molecule has 0 aliphatic rings. The van der Waals surface area contributed by atoms with Gasteiger partial charge in [0.25, 0.3) is 0 Å². The zero-order chi connectivity index (χ0) is 13.2. The minimum atomic E-state index is -0.950. The number of aliphatic carboxylic acids is 1. The van der Waals surface area contributed by atoms with Crippen LogP contribution in [0.2, 0.25) is 5.02 Å². The van der Waals surface area contributed by atoms with Crippen molar-refractivity contribution in [3.8, 4) is 0 Å². The predicted octanol–water partition coefficient (Wildman–Crippen LogP) is 2.77. The van der Waals surface area contributed by atoms with Gasteiger partial charge in [-0.2, -0.15) is 0 Å². The molecule has 0 aliphatic heterocycles. The van der Waals surface area contributed by atoms with E-state index >= 15 is 0 Å². The molecule has 0 aliphatic carbocycles. The summed E-state index contributed by atoms with van der Waals surface area (Å²) in [7, 11) is 0. The van der Waals surface area contributed by atoms with Crippen molar-refractivity contribution in [2.24, 2.45) is 5.73 Å². The highest BCUT2D eigenvalue weighted by atomic mass is 35.5. The summed E-state index contributed by atoms with van der Waals surface area (Å²) in [6.45, 7) is 3.47. The molecule has 0 spiro atoms. The number of nitrogens with two attached hydrogens (primary N) is 1. The molecule has 0 radical (unpaired) electrons. The molecule has 0 amide bonds. The first-order valence-corrected chi connectivity index (χ1v) is 5.55. The maximum absolute atomic E-state index is 13.0. The Kier molecular flexibility index (Phi) is 4.11. The summed E-state index contributed by atoms with van der Waals surface area (Å²) in [5.74, 6) is -1.90. The molecular weight excluding hydrogens is 245 g/mol. The van der Waals surface area contributed by atoms with Crippen LogP contribution >= 0.6 is 11.6 Å². The lowest BCUT2D eigenvalue weighted by atomic mass is 9.80. The Labute approximate surface area is 104 Å². The van der Waals surface area contributed by atoms with E-state index in [9.17, 15) is 9.18 Å². The molecule has 0 saturated heterocycles. The van der Waals surface area contributed by atoms with Crippen molar-refractivity contribution in [3.05, 3.63) is 34.6 Å². The van der Waals surface area contributed by atoms with Gasteiger partial charge < -0.3 is 10.8 Å². The van der Waals surface area contributed by atoms with Gasteiger partial charge in [0.1, 0.15) is 5.82 Å². The number of halogens is 2. The van der Waals surface area contributed by atoms with Gasteiger partial charge in [-0.3, -0.25) is 4.79 Å². The van der Waals surface area contributed by atoms with E-state index in [-0.39, 0.29) is 11.4 Å². The molecule has 1 aromatic rings. The topological polar surface area (TPSA) is 63.3 Å². The second kappa shape index (κ2) is 5.02. The molecule has 0 fully saturated rings. The van der Waals surface area contributed by atoms with Crippen LogP contribution in [0.5, 0.6) is 0 Å². The number of hydrogen-bond acceptors (Lipinski definition) is 2. The molecule has 94 valence electrons. The maximum Gasteiger partial charge on any atom is 0.304 e. The fourth-order valence-corrected chi connectivity index (χ4v) is 1.90. The van der Waals surface area contributed by atoms with Gasteiger partial charge in [-0.25, -0.2) is 4.39 Å². The summed E-state index contributed by atoms with van der Waals surface area (Å²) in [6, 6.07) is 4.17. The standard InChI is InChI=1S/C12H15ClFNO2/c1-12(2,15)8(6-11(16)17)7-3-4-10(14)9(13)5-7/h3-5,8H,6,15H2,1-2H3,(H,16,17). The highest BCUT2D eigenvalue weighted by Gasteiger charge is 2.29. The van der Waals surface area contributed by atoms with Crippen molar-refractivity contribution in [1.82, 2.24) is 0 Å². The quantitative estimate of drug-likeness (QED) is 0.874. The Morgan fingerprint density at radius 3 is 2.59 bits per heavy atom. The Morgan fingerprint density at radius 1 is 1.59 bits per heavy atom. The molecule has 0 saturated carbocycles. The first kappa shape index (κ1) is 13.9. The van der Waals surface area contributed by atoms with Crippen LogP contribution < -0.4 is 5.73 Å². The normalized spacial score (nSPS) is 13.5. The van der Waals surface area contributed by atoms with Crippen molar-refractivity contribution in [3.63, 3.8) is 0 Å². The van der Waals surface area contributed by atoms with E-state index in [0.717, 1.165) is 0 Å². The van der Waals surface area contributed by atoms with E-state index in [1.165, 1.54) is 18.2 Å². The largest absolute Gasteiger partial charge is 0.481 e. The van der Waals surface area contributed by atoms with Crippen molar-refractivity contribution < 1.29 is 14.3 Å².